The first-order valence-electron chi connectivity index (χ1n) is 7.24. The van der Waals surface area contributed by atoms with Crippen molar-refractivity contribution in [1.82, 2.24) is 0 Å². The van der Waals surface area contributed by atoms with Crippen molar-refractivity contribution in [3.8, 4) is 0 Å². The van der Waals surface area contributed by atoms with Gasteiger partial charge < -0.3 is 23.4 Å². The minimum Gasteiger partial charge on any atom is -0.665 e. The maximum Gasteiger partial charge on any atom is 4.00 e. The van der Waals surface area contributed by atoms with Gasteiger partial charge >= 0.3 is 21.7 Å². The number of hydrogen-bond donors (Lipinski definition) is 0. The number of rotatable bonds is 6. The number of hydrogen-bond acceptors (Lipinski definition) is 0. The molecule has 1 rings (SSSR count). The molecule has 0 saturated carbocycles. The summed E-state index contributed by atoms with van der Waals surface area (Å²) < 4.78 is 0. The van der Waals surface area contributed by atoms with E-state index in [2.05, 4.69) is 48.0 Å². The molecule has 0 N–H and O–H groups in total. The third-order valence-corrected chi connectivity index (χ3v) is 2.41. The second-order valence-electron chi connectivity index (χ2n) is 4.47. The minimum absolute atomic E-state index is 0. The summed E-state index contributed by atoms with van der Waals surface area (Å²) in [6.45, 7) is 11.2. The van der Waals surface area contributed by atoms with Crippen molar-refractivity contribution in [3.05, 3.63) is 47.2 Å². The van der Waals surface area contributed by atoms with Gasteiger partial charge in [-0.1, -0.05) is 57.9 Å². The van der Waals surface area contributed by atoms with Crippen molar-refractivity contribution < 1.29 is 21.7 Å². The molecule has 1 aliphatic rings. The standard InChI is InChI=1S/C10H16N.2C3H8N.CH3.Ti/c1-9(2)11-8-7-10-5-3-4-6-10;2*1-3-4-2;;/h3-5,9H,6-8H2,1-2H3;2*3H2,1-2H3;1H3;/q4*-1;+4. The molecule has 0 atom stereocenters. The molecule has 0 unspecified atom stereocenters. The van der Waals surface area contributed by atoms with Crippen LogP contribution in [0.2, 0.25) is 0 Å². The second kappa shape index (κ2) is 25.1. The van der Waals surface area contributed by atoms with Crippen molar-refractivity contribution in [3.63, 3.8) is 0 Å². The van der Waals surface area contributed by atoms with Gasteiger partial charge in [-0.05, 0) is 6.42 Å². The van der Waals surface area contributed by atoms with E-state index < -0.39 is 0 Å². The molecule has 0 heterocycles. The van der Waals surface area contributed by atoms with Crippen molar-refractivity contribution >= 4 is 0 Å². The monoisotopic (exact) mass is 329 g/mol. The Morgan fingerprint density at radius 2 is 1.57 bits per heavy atom. The van der Waals surface area contributed by atoms with Gasteiger partial charge in [0.2, 0.25) is 0 Å². The zero-order valence-electron chi connectivity index (χ0n) is 15.2. The Kier molecular flexibility index (Phi) is 34.8. The van der Waals surface area contributed by atoms with E-state index in [-0.39, 0.29) is 29.1 Å². The predicted octanol–water partition coefficient (Wildman–Crippen LogP) is 5.51. The van der Waals surface area contributed by atoms with Gasteiger partial charge in [-0.15, -0.1) is 12.6 Å². The zero-order valence-corrected chi connectivity index (χ0v) is 16.7. The van der Waals surface area contributed by atoms with Gasteiger partial charge in [0.05, 0.1) is 0 Å². The smallest absolute Gasteiger partial charge is 0.665 e. The van der Waals surface area contributed by atoms with Crippen LogP contribution >= 0.6 is 0 Å². The average Bonchev–Trinajstić information content (AvgIpc) is 2.92. The van der Waals surface area contributed by atoms with E-state index in [9.17, 15) is 0 Å². The largest absolute Gasteiger partial charge is 4.00 e. The third-order valence-electron chi connectivity index (χ3n) is 2.41. The van der Waals surface area contributed by atoms with E-state index in [4.69, 9.17) is 0 Å². The zero-order chi connectivity index (χ0) is 14.9. The molecule has 0 aliphatic heterocycles. The van der Waals surface area contributed by atoms with E-state index in [1.807, 2.05) is 13.8 Å². The first kappa shape index (κ1) is 29.1. The fourth-order valence-electron chi connectivity index (χ4n) is 1.14. The first-order chi connectivity index (χ1) is 9.12. The van der Waals surface area contributed by atoms with Crippen LogP contribution in [0.5, 0.6) is 0 Å². The van der Waals surface area contributed by atoms with Crippen molar-refractivity contribution in [2.24, 2.45) is 0 Å². The van der Waals surface area contributed by atoms with Gasteiger partial charge in [-0.3, -0.25) is 0 Å². The molecule has 0 amide bonds. The van der Waals surface area contributed by atoms with Crippen molar-refractivity contribution in [1.29, 1.82) is 0 Å². The Hall–Kier alpha value is 0.0743. The Labute approximate surface area is 149 Å². The average molecular weight is 329 g/mol. The summed E-state index contributed by atoms with van der Waals surface area (Å²) in [7, 11) is 3.61. The van der Waals surface area contributed by atoms with Crippen LogP contribution in [0.4, 0.5) is 0 Å². The van der Waals surface area contributed by atoms with Gasteiger partial charge in [0, 0.05) is 0 Å². The number of nitrogens with zero attached hydrogens (tertiary/aromatic N) is 3. The third kappa shape index (κ3) is 28.9. The van der Waals surface area contributed by atoms with Gasteiger partial charge in [0.25, 0.3) is 0 Å². The Bertz CT molecular complexity index is 218. The van der Waals surface area contributed by atoms with E-state index >= 15 is 0 Å². The van der Waals surface area contributed by atoms with Crippen LogP contribution < -0.4 is 0 Å². The summed E-state index contributed by atoms with van der Waals surface area (Å²) in [6, 6.07) is 0.491. The SMILES string of the molecule is CC(C)[N-]CCC1=CC=CC1.CC[N-]C.CC[N-]C.[CH3-].[Ti+4]. The Morgan fingerprint density at radius 3 is 1.86 bits per heavy atom. The van der Waals surface area contributed by atoms with Crippen LogP contribution in [-0.4, -0.2) is 39.8 Å². The fraction of sp³-hybridized carbons (Fsp3) is 0.706. The van der Waals surface area contributed by atoms with E-state index in [1.165, 1.54) is 5.57 Å². The van der Waals surface area contributed by atoms with Crippen LogP contribution in [-0.2, 0) is 21.7 Å². The summed E-state index contributed by atoms with van der Waals surface area (Å²) in [5.41, 5.74) is 1.52. The summed E-state index contributed by atoms with van der Waals surface area (Å²) in [5.74, 6) is 0. The summed E-state index contributed by atoms with van der Waals surface area (Å²) >= 11 is 0. The second-order valence-corrected chi connectivity index (χ2v) is 4.47. The summed E-state index contributed by atoms with van der Waals surface area (Å²) in [4.78, 5) is 0. The molecule has 0 saturated heterocycles. The molecule has 0 aromatic heterocycles. The maximum absolute atomic E-state index is 4.42. The molecule has 122 valence electrons. The molecule has 3 nitrogen and oxygen atoms in total. The molecule has 1 aliphatic carbocycles. The Morgan fingerprint density at radius 1 is 1.10 bits per heavy atom. The van der Waals surface area contributed by atoms with Crippen LogP contribution in [0.15, 0.2) is 23.8 Å². The molecule has 0 aromatic carbocycles. The normalized spacial score (nSPS) is 11.3. The maximum atomic E-state index is 4.42. The van der Waals surface area contributed by atoms with Crippen LogP contribution in [0.3, 0.4) is 0 Å². The molecular weight excluding hydrogens is 294 g/mol. The Balaban J connectivity index is -0.000000123. The molecular formula is C17H35N3Ti. The molecule has 4 heteroatoms. The van der Waals surface area contributed by atoms with E-state index in [0.29, 0.717) is 6.04 Å². The summed E-state index contributed by atoms with van der Waals surface area (Å²) in [5, 5.41) is 11.9. The molecule has 0 aromatic rings. The molecule has 0 bridgehead atoms. The molecule has 21 heavy (non-hydrogen) atoms. The predicted molar refractivity (Wildman–Crippen MR) is 95.9 cm³/mol. The van der Waals surface area contributed by atoms with Gasteiger partial charge in [-0.2, -0.15) is 27.2 Å². The minimum atomic E-state index is 0. The van der Waals surface area contributed by atoms with Gasteiger partial charge in [-0.25, -0.2) is 0 Å². The van der Waals surface area contributed by atoms with Crippen LogP contribution in [0.1, 0.15) is 40.5 Å². The molecule has 0 spiro atoms. The van der Waals surface area contributed by atoms with Gasteiger partial charge in [0.1, 0.15) is 0 Å². The van der Waals surface area contributed by atoms with Crippen molar-refractivity contribution in [2.75, 3.05) is 33.7 Å². The molecule has 0 radical (unpaired) electrons. The topological polar surface area (TPSA) is 42.3 Å². The van der Waals surface area contributed by atoms with E-state index in [0.717, 1.165) is 32.5 Å². The summed E-state index contributed by atoms with van der Waals surface area (Å²) in [6.07, 6.45) is 8.82. The molecule has 0 fully saturated rings. The quantitative estimate of drug-likeness (QED) is 0.455. The van der Waals surface area contributed by atoms with Crippen LogP contribution in [0.25, 0.3) is 16.0 Å². The fourth-order valence-corrected chi connectivity index (χ4v) is 1.14. The van der Waals surface area contributed by atoms with Crippen LogP contribution in [0, 0.1) is 7.43 Å². The van der Waals surface area contributed by atoms with Gasteiger partial charge in [0.15, 0.2) is 0 Å². The van der Waals surface area contributed by atoms with E-state index in [1.54, 1.807) is 14.1 Å². The van der Waals surface area contributed by atoms with Crippen molar-refractivity contribution in [2.45, 2.75) is 46.6 Å². The first-order valence-corrected chi connectivity index (χ1v) is 7.24. The number of allylic oxidation sites excluding steroid dienone is 3.